The van der Waals surface area contributed by atoms with E-state index < -0.39 is 12.1 Å². The topological polar surface area (TPSA) is 62.5 Å². The van der Waals surface area contributed by atoms with E-state index in [0.29, 0.717) is 0 Å². The Bertz CT molecular complexity index is 502. The molecule has 0 saturated carbocycles. The van der Waals surface area contributed by atoms with Crippen LogP contribution < -0.4 is 0 Å². The summed E-state index contributed by atoms with van der Waals surface area (Å²) in [6, 6.07) is 11.3. The number of carboxylic acids is 1. The molecule has 1 aromatic heterocycles. The molecule has 2 aromatic rings. The number of aliphatic hydroxyl groups excluding tert-OH is 1. The molecule has 0 aliphatic heterocycles. The van der Waals surface area contributed by atoms with Gasteiger partial charge in [0.25, 0.3) is 0 Å². The first-order chi connectivity index (χ1) is 8.66. The Hall–Kier alpha value is -2.07. The standard InChI is InChI=1S/C14H15NO3/c16-13(7-8-14(17)18)11-3-5-12(6-4-11)15-9-1-2-10-15/h1-6,9-10,13,16H,7-8H2,(H,17,18). The van der Waals surface area contributed by atoms with Crippen LogP contribution >= 0.6 is 0 Å². The number of carbonyl (C=O) groups is 1. The predicted octanol–water partition coefficient (Wildman–Crippen LogP) is 2.38. The maximum Gasteiger partial charge on any atom is 0.303 e. The lowest BCUT2D eigenvalue weighted by Crippen LogP contribution is -2.02. The molecule has 18 heavy (non-hydrogen) atoms. The van der Waals surface area contributed by atoms with Gasteiger partial charge in [0.1, 0.15) is 0 Å². The highest BCUT2D eigenvalue weighted by molar-refractivity contribution is 5.66. The zero-order valence-electron chi connectivity index (χ0n) is 9.86. The molecule has 0 amide bonds. The van der Waals surface area contributed by atoms with E-state index in [1.807, 2.05) is 53.4 Å². The maximum absolute atomic E-state index is 10.4. The molecule has 0 spiro atoms. The molecule has 0 saturated heterocycles. The number of nitrogens with zero attached hydrogens (tertiary/aromatic N) is 1. The summed E-state index contributed by atoms with van der Waals surface area (Å²) in [6.45, 7) is 0. The first-order valence-electron chi connectivity index (χ1n) is 5.80. The number of hydrogen-bond donors (Lipinski definition) is 2. The quantitative estimate of drug-likeness (QED) is 0.850. The summed E-state index contributed by atoms with van der Waals surface area (Å²) in [6.07, 6.45) is 3.37. The molecule has 2 rings (SSSR count). The van der Waals surface area contributed by atoms with E-state index in [9.17, 15) is 9.90 Å². The van der Waals surface area contributed by atoms with E-state index in [1.165, 1.54) is 0 Å². The van der Waals surface area contributed by atoms with Gasteiger partial charge in [-0.05, 0) is 36.2 Å². The summed E-state index contributed by atoms with van der Waals surface area (Å²) >= 11 is 0. The molecule has 1 aromatic carbocycles. The van der Waals surface area contributed by atoms with Gasteiger partial charge in [0.2, 0.25) is 0 Å². The fraction of sp³-hybridized carbons (Fsp3) is 0.214. The van der Waals surface area contributed by atoms with Crippen molar-refractivity contribution in [2.75, 3.05) is 0 Å². The predicted molar refractivity (Wildman–Crippen MR) is 67.6 cm³/mol. The van der Waals surface area contributed by atoms with E-state index in [-0.39, 0.29) is 12.8 Å². The van der Waals surface area contributed by atoms with Gasteiger partial charge in [-0.2, -0.15) is 0 Å². The highest BCUT2D eigenvalue weighted by atomic mass is 16.4. The van der Waals surface area contributed by atoms with Crippen LogP contribution in [0.2, 0.25) is 0 Å². The Morgan fingerprint density at radius 1 is 1.17 bits per heavy atom. The Labute approximate surface area is 105 Å². The first-order valence-corrected chi connectivity index (χ1v) is 5.80. The number of carboxylic acid groups (broad SMARTS) is 1. The second-order valence-electron chi connectivity index (χ2n) is 4.13. The largest absolute Gasteiger partial charge is 0.481 e. The average molecular weight is 245 g/mol. The number of aliphatic hydroxyl groups is 1. The molecule has 4 heteroatoms. The molecular formula is C14H15NO3. The van der Waals surface area contributed by atoms with Gasteiger partial charge in [0.15, 0.2) is 0 Å². The normalized spacial score (nSPS) is 12.3. The summed E-state index contributed by atoms with van der Waals surface area (Å²) in [5.74, 6) is -0.891. The minimum atomic E-state index is -0.891. The molecule has 1 unspecified atom stereocenters. The monoisotopic (exact) mass is 245 g/mol. The van der Waals surface area contributed by atoms with Crippen molar-refractivity contribution in [3.05, 3.63) is 54.4 Å². The van der Waals surface area contributed by atoms with Crippen molar-refractivity contribution in [3.63, 3.8) is 0 Å². The molecule has 94 valence electrons. The fourth-order valence-electron chi connectivity index (χ4n) is 1.80. The van der Waals surface area contributed by atoms with Gasteiger partial charge < -0.3 is 14.8 Å². The first kappa shape index (κ1) is 12.4. The smallest absolute Gasteiger partial charge is 0.303 e. The lowest BCUT2D eigenvalue weighted by Gasteiger charge is -2.10. The molecule has 0 fully saturated rings. The van der Waals surface area contributed by atoms with Crippen LogP contribution in [-0.4, -0.2) is 20.7 Å². The SMILES string of the molecule is O=C(O)CCC(O)c1ccc(-n2cccc2)cc1. The molecule has 2 N–H and O–H groups in total. The Morgan fingerprint density at radius 2 is 1.78 bits per heavy atom. The van der Waals surface area contributed by atoms with Gasteiger partial charge in [0.05, 0.1) is 6.10 Å². The molecular weight excluding hydrogens is 230 g/mol. The molecule has 1 heterocycles. The highest BCUT2D eigenvalue weighted by Gasteiger charge is 2.09. The lowest BCUT2D eigenvalue weighted by atomic mass is 10.0. The van der Waals surface area contributed by atoms with Gasteiger partial charge in [-0.15, -0.1) is 0 Å². The lowest BCUT2D eigenvalue weighted by molar-refractivity contribution is -0.137. The third-order valence-electron chi connectivity index (χ3n) is 2.81. The van der Waals surface area contributed by atoms with E-state index in [0.717, 1.165) is 11.3 Å². The summed E-state index contributed by atoms with van der Waals surface area (Å²) in [5.41, 5.74) is 1.75. The van der Waals surface area contributed by atoms with Crippen LogP contribution in [0.3, 0.4) is 0 Å². The van der Waals surface area contributed by atoms with Crippen molar-refractivity contribution in [2.45, 2.75) is 18.9 Å². The third kappa shape index (κ3) is 2.99. The molecule has 0 aliphatic carbocycles. The number of aromatic nitrogens is 1. The Kier molecular flexibility index (Phi) is 3.79. The Balaban J connectivity index is 2.05. The van der Waals surface area contributed by atoms with Crippen LogP contribution in [-0.2, 0) is 4.79 Å². The van der Waals surface area contributed by atoms with Crippen LogP contribution in [0.5, 0.6) is 0 Å². The number of benzene rings is 1. The summed E-state index contributed by atoms with van der Waals surface area (Å²) in [7, 11) is 0. The number of hydrogen-bond acceptors (Lipinski definition) is 2. The summed E-state index contributed by atoms with van der Waals surface area (Å²) in [4.78, 5) is 10.4. The van der Waals surface area contributed by atoms with Crippen molar-refractivity contribution < 1.29 is 15.0 Å². The average Bonchev–Trinajstić information content (AvgIpc) is 2.90. The zero-order valence-corrected chi connectivity index (χ0v) is 9.86. The Morgan fingerprint density at radius 3 is 2.33 bits per heavy atom. The van der Waals surface area contributed by atoms with Gasteiger partial charge in [0, 0.05) is 24.5 Å². The van der Waals surface area contributed by atoms with Crippen molar-refractivity contribution in [1.82, 2.24) is 4.57 Å². The van der Waals surface area contributed by atoms with Gasteiger partial charge in [-0.3, -0.25) is 4.79 Å². The van der Waals surface area contributed by atoms with Crippen molar-refractivity contribution in [1.29, 1.82) is 0 Å². The summed E-state index contributed by atoms with van der Waals surface area (Å²) < 4.78 is 1.97. The van der Waals surface area contributed by atoms with Crippen LogP contribution in [0.4, 0.5) is 0 Å². The maximum atomic E-state index is 10.4. The number of rotatable bonds is 5. The van der Waals surface area contributed by atoms with Crippen LogP contribution in [0.15, 0.2) is 48.8 Å². The summed E-state index contributed by atoms with van der Waals surface area (Å²) in [5, 5.41) is 18.4. The van der Waals surface area contributed by atoms with Gasteiger partial charge >= 0.3 is 5.97 Å². The van der Waals surface area contributed by atoms with E-state index >= 15 is 0 Å². The van der Waals surface area contributed by atoms with E-state index in [2.05, 4.69) is 0 Å². The van der Waals surface area contributed by atoms with E-state index in [1.54, 1.807) is 0 Å². The number of aliphatic carboxylic acids is 1. The second-order valence-corrected chi connectivity index (χ2v) is 4.13. The third-order valence-corrected chi connectivity index (χ3v) is 2.81. The molecule has 0 aliphatic rings. The van der Waals surface area contributed by atoms with Gasteiger partial charge in [-0.25, -0.2) is 0 Å². The molecule has 0 radical (unpaired) electrons. The van der Waals surface area contributed by atoms with Crippen molar-refractivity contribution in [2.24, 2.45) is 0 Å². The molecule has 0 bridgehead atoms. The van der Waals surface area contributed by atoms with Crippen LogP contribution in [0.25, 0.3) is 5.69 Å². The second kappa shape index (κ2) is 5.51. The zero-order chi connectivity index (χ0) is 13.0. The van der Waals surface area contributed by atoms with Crippen molar-refractivity contribution in [3.8, 4) is 5.69 Å². The van der Waals surface area contributed by atoms with Crippen LogP contribution in [0, 0.1) is 0 Å². The highest BCUT2D eigenvalue weighted by Crippen LogP contribution is 2.20. The fourth-order valence-corrected chi connectivity index (χ4v) is 1.80. The van der Waals surface area contributed by atoms with Gasteiger partial charge in [-0.1, -0.05) is 12.1 Å². The minimum Gasteiger partial charge on any atom is -0.481 e. The minimum absolute atomic E-state index is 0.0273. The molecule has 4 nitrogen and oxygen atoms in total. The van der Waals surface area contributed by atoms with E-state index in [4.69, 9.17) is 5.11 Å². The van der Waals surface area contributed by atoms with Crippen molar-refractivity contribution >= 4 is 5.97 Å². The van der Waals surface area contributed by atoms with Crippen LogP contribution in [0.1, 0.15) is 24.5 Å². The molecule has 1 atom stereocenters.